The Balaban J connectivity index is 1.02. The highest BCUT2D eigenvalue weighted by Crippen LogP contribution is 2.60. The molecule has 4 aliphatic rings. The first-order valence-corrected chi connectivity index (χ1v) is 11.8. The van der Waals surface area contributed by atoms with Crippen molar-refractivity contribution < 1.29 is 18.8 Å². The molecule has 0 spiro atoms. The molecule has 30 heavy (non-hydrogen) atoms. The number of rotatable bonds is 8. The van der Waals surface area contributed by atoms with Crippen LogP contribution < -0.4 is 5.32 Å². The normalized spacial score (nSPS) is 29.1. The molecule has 4 fully saturated rings. The van der Waals surface area contributed by atoms with E-state index in [1.807, 2.05) is 17.5 Å². The minimum atomic E-state index is -0.324. The molecule has 1 N–H and O–H groups in total. The monoisotopic (exact) mass is 429 g/mol. The maximum Gasteiger partial charge on any atom is 0.306 e. The lowest BCUT2D eigenvalue weighted by molar-refractivity contribution is -0.147. The SMILES string of the molecule is O=C(CCCNC(=O)C12CC3CC(CC(C3)C1)C2)OCc1nc(-c2cccs2)no1. The predicted molar refractivity (Wildman–Crippen MR) is 110 cm³/mol. The van der Waals surface area contributed by atoms with Gasteiger partial charge in [-0.15, -0.1) is 11.3 Å². The summed E-state index contributed by atoms with van der Waals surface area (Å²) < 4.78 is 10.3. The summed E-state index contributed by atoms with van der Waals surface area (Å²) in [5.41, 5.74) is -0.131. The van der Waals surface area contributed by atoms with Gasteiger partial charge < -0.3 is 14.6 Å². The van der Waals surface area contributed by atoms with Crippen LogP contribution in [-0.2, 0) is 20.9 Å². The van der Waals surface area contributed by atoms with Crippen molar-refractivity contribution in [1.29, 1.82) is 0 Å². The summed E-state index contributed by atoms with van der Waals surface area (Å²) in [6.07, 6.45) is 7.99. The summed E-state index contributed by atoms with van der Waals surface area (Å²) in [5.74, 6) is 2.92. The molecule has 2 aromatic heterocycles. The fourth-order valence-corrected chi connectivity index (χ4v) is 6.69. The number of hydrogen-bond acceptors (Lipinski definition) is 7. The van der Waals surface area contributed by atoms with E-state index in [1.54, 1.807) is 0 Å². The van der Waals surface area contributed by atoms with Gasteiger partial charge in [0, 0.05) is 18.4 Å². The van der Waals surface area contributed by atoms with Crippen molar-refractivity contribution in [3.05, 3.63) is 23.4 Å². The lowest BCUT2D eigenvalue weighted by atomic mass is 9.49. The standard InChI is InChI=1S/C22H27N3O4S/c26-19(28-13-18-24-20(25-29-18)17-3-2-6-30-17)4-1-5-23-21(27)22-10-14-7-15(11-22)9-16(8-14)12-22/h2-3,6,14-16H,1,4-5,7-13H2,(H,23,27). The van der Waals surface area contributed by atoms with Gasteiger partial charge in [-0.25, -0.2) is 0 Å². The topological polar surface area (TPSA) is 94.3 Å². The molecule has 6 rings (SSSR count). The zero-order valence-electron chi connectivity index (χ0n) is 17.0. The van der Waals surface area contributed by atoms with Crippen molar-refractivity contribution in [2.24, 2.45) is 23.2 Å². The lowest BCUT2D eigenvalue weighted by Gasteiger charge is -2.55. The lowest BCUT2D eigenvalue weighted by Crippen LogP contribution is -2.53. The zero-order chi connectivity index (χ0) is 20.6. The van der Waals surface area contributed by atoms with Crippen LogP contribution in [0.25, 0.3) is 10.7 Å². The van der Waals surface area contributed by atoms with E-state index in [1.165, 1.54) is 30.6 Å². The van der Waals surface area contributed by atoms with E-state index in [2.05, 4.69) is 15.5 Å². The highest BCUT2D eigenvalue weighted by atomic mass is 32.1. The van der Waals surface area contributed by atoms with E-state index in [9.17, 15) is 9.59 Å². The van der Waals surface area contributed by atoms with Gasteiger partial charge in [0.2, 0.25) is 11.7 Å². The highest BCUT2D eigenvalue weighted by Gasteiger charge is 2.54. The Morgan fingerprint density at radius 2 is 1.93 bits per heavy atom. The van der Waals surface area contributed by atoms with Crippen LogP contribution >= 0.6 is 11.3 Å². The van der Waals surface area contributed by atoms with Gasteiger partial charge in [-0.3, -0.25) is 9.59 Å². The molecular formula is C22H27N3O4S. The van der Waals surface area contributed by atoms with Crippen molar-refractivity contribution in [3.8, 4) is 10.7 Å². The van der Waals surface area contributed by atoms with E-state index < -0.39 is 0 Å². The Bertz CT molecular complexity index is 872. The third kappa shape index (κ3) is 4.02. The minimum absolute atomic E-state index is 0.0309. The summed E-state index contributed by atoms with van der Waals surface area (Å²) in [7, 11) is 0. The first-order valence-electron chi connectivity index (χ1n) is 10.9. The average molecular weight is 430 g/mol. The van der Waals surface area contributed by atoms with Crippen LogP contribution in [0.15, 0.2) is 22.0 Å². The van der Waals surface area contributed by atoms with Crippen LogP contribution in [0.4, 0.5) is 0 Å². The Hall–Kier alpha value is -2.22. The average Bonchev–Trinajstić information content (AvgIpc) is 3.40. The number of carbonyl (C=O) groups is 2. The molecular weight excluding hydrogens is 402 g/mol. The summed E-state index contributed by atoms with van der Waals surface area (Å²) >= 11 is 1.52. The number of carbonyl (C=O) groups excluding carboxylic acids is 2. The molecule has 0 aromatic carbocycles. The first-order chi connectivity index (χ1) is 14.6. The van der Waals surface area contributed by atoms with Crippen LogP contribution in [0.5, 0.6) is 0 Å². The maximum atomic E-state index is 12.9. The number of nitrogens with one attached hydrogen (secondary N) is 1. The van der Waals surface area contributed by atoms with Crippen molar-refractivity contribution in [1.82, 2.24) is 15.5 Å². The van der Waals surface area contributed by atoms with E-state index in [-0.39, 0.29) is 36.2 Å². The van der Waals surface area contributed by atoms with Gasteiger partial charge in [0.25, 0.3) is 5.89 Å². The van der Waals surface area contributed by atoms with Crippen LogP contribution in [0.1, 0.15) is 57.3 Å². The molecule has 2 heterocycles. The number of ether oxygens (including phenoxy) is 1. The minimum Gasteiger partial charge on any atom is -0.456 e. The van der Waals surface area contributed by atoms with Crippen molar-refractivity contribution >= 4 is 23.2 Å². The van der Waals surface area contributed by atoms with Gasteiger partial charge in [-0.1, -0.05) is 11.2 Å². The van der Waals surface area contributed by atoms with Crippen molar-refractivity contribution in [2.45, 2.75) is 58.0 Å². The number of thiophene rings is 1. The second-order valence-corrected chi connectivity index (χ2v) is 10.2. The number of esters is 1. The molecule has 2 aromatic rings. The molecule has 160 valence electrons. The maximum absolute atomic E-state index is 12.9. The van der Waals surface area contributed by atoms with Crippen molar-refractivity contribution in [3.63, 3.8) is 0 Å². The molecule has 4 saturated carbocycles. The van der Waals surface area contributed by atoms with Gasteiger partial charge in [0.15, 0.2) is 6.61 Å². The zero-order valence-corrected chi connectivity index (χ0v) is 17.8. The number of aromatic nitrogens is 2. The second-order valence-electron chi connectivity index (χ2n) is 9.21. The Morgan fingerprint density at radius 1 is 1.20 bits per heavy atom. The first kappa shape index (κ1) is 19.7. The molecule has 0 radical (unpaired) electrons. The van der Waals surface area contributed by atoms with Gasteiger partial charge in [0.1, 0.15) is 0 Å². The molecule has 4 aliphatic carbocycles. The quantitative estimate of drug-likeness (QED) is 0.504. The van der Waals surface area contributed by atoms with E-state index in [4.69, 9.17) is 9.26 Å². The smallest absolute Gasteiger partial charge is 0.306 e. The number of hydrogen-bond donors (Lipinski definition) is 1. The fraction of sp³-hybridized carbons (Fsp3) is 0.636. The molecule has 0 aliphatic heterocycles. The third-order valence-electron chi connectivity index (χ3n) is 6.93. The van der Waals surface area contributed by atoms with Gasteiger partial charge in [-0.05, 0) is 74.1 Å². The number of nitrogens with zero attached hydrogens (tertiary/aromatic N) is 2. The van der Waals surface area contributed by atoms with E-state index >= 15 is 0 Å². The van der Waals surface area contributed by atoms with Crippen molar-refractivity contribution in [2.75, 3.05) is 6.54 Å². The summed E-state index contributed by atoms with van der Waals surface area (Å²) in [6.45, 7) is 0.482. The van der Waals surface area contributed by atoms with Crippen LogP contribution in [0, 0.1) is 23.2 Å². The number of amides is 1. The third-order valence-corrected chi connectivity index (χ3v) is 7.80. The highest BCUT2D eigenvalue weighted by molar-refractivity contribution is 7.13. The Labute approximate surface area is 179 Å². The van der Waals surface area contributed by atoms with Gasteiger partial charge in [-0.2, -0.15) is 4.98 Å². The van der Waals surface area contributed by atoms with Crippen LogP contribution in [0.3, 0.4) is 0 Å². The van der Waals surface area contributed by atoms with Gasteiger partial charge >= 0.3 is 5.97 Å². The summed E-state index contributed by atoms with van der Waals surface area (Å²) in [4.78, 5) is 30.0. The Kier molecular flexibility index (Phi) is 5.35. The molecule has 7 nitrogen and oxygen atoms in total. The van der Waals surface area contributed by atoms with E-state index in [0.29, 0.717) is 18.8 Å². The van der Waals surface area contributed by atoms with Crippen LogP contribution in [-0.4, -0.2) is 28.6 Å². The van der Waals surface area contributed by atoms with Crippen LogP contribution in [0.2, 0.25) is 0 Å². The fourth-order valence-electron chi connectivity index (χ4n) is 6.04. The molecule has 0 saturated heterocycles. The summed E-state index contributed by atoms with van der Waals surface area (Å²) in [5, 5.41) is 8.93. The largest absolute Gasteiger partial charge is 0.456 e. The molecule has 8 heteroatoms. The van der Waals surface area contributed by atoms with E-state index in [0.717, 1.165) is 41.9 Å². The molecule has 0 atom stereocenters. The Morgan fingerprint density at radius 3 is 2.60 bits per heavy atom. The molecule has 0 unspecified atom stereocenters. The van der Waals surface area contributed by atoms with Gasteiger partial charge in [0.05, 0.1) is 4.88 Å². The second kappa shape index (κ2) is 8.13. The molecule has 1 amide bonds. The predicted octanol–water partition coefficient (Wildman–Crippen LogP) is 3.95. The summed E-state index contributed by atoms with van der Waals surface area (Å²) in [6, 6.07) is 3.82. The molecule has 4 bridgehead atoms.